The Morgan fingerprint density at radius 2 is 2.08 bits per heavy atom. The molecule has 0 saturated carbocycles. The van der Waals surface area contributed by atoms with E-state index in [1.165, 1.54) is 0 Å². The molecule has 0 amide bonds. The highest BCUT2D eigenvalue weighted by Gasteiger charge is 2.04. The molecule has 0 aliphatic carbocycles. The second-order valence-corrected chi connectivity index (χ2v) is 5.19. The van der Waals surface area contributed by atoms with Gasteiger partial charge in [-0.3, -0.25) is 0 Å². The first-order chi connectivity index (χ1) is 5.49. The van der Waals surface area contributed by atoms with Crippen molar-refractivity contribution in [2.75, 3.05) is 0 Å². The number of allylic oxidation sites excluding steroid dienone is 1. The molecule has 0 nitrogen and oxygen atoms in total. The highest BCUT2D eigenvalue weighted by atomic mass is 35.5. The highest BCUT2D eigenvalue weighted by Crippen LogP contribution is 2.25. The number of halogens is 1. The molecule has 66 valence electrons. The predicted octanol–water partition coefficient (Wildman–Crippen LogP) is 4.46. The lowest BCUT2D eigenvalue weighted by Crippen LogP contribution is -1.97. The lowest BCUT2D eigenvalue weighted by Gasteiger charge is -2.10. The Bertz CT molecular complexity index is 278. The Balaban J connectivity index is 2.77. The van der Waals surface area contributed by atoms with Crippen molar-refractivity contribution in [3.8, 4) is 0 Å². The molecule has 0 atom stereocenters. The zero-order chi connectivity index (χ0) is 9.19. The molecule has 0 aromatic carbocycles. The fourth-order valence-corrected chi connectivity index (χ4v) is 1.76. The van der Waals surface area contributed by atoms with Crippen LogP contribution in [0.1, 0.15) is 25.6 Å². The van der Waals surface area contributed by atoms with Crippen molar-refractivity contribution in [1.29, 1.82) is 0 Å². The molecule has 2 heteroatoms. The normalized spacial score (nSPS) is 12.7. The topological polar surface area (TPSA) is 0 Å². The summed E-state index contributed by atoms with van der Waals surface area (Å²) < 4.78 is 0. The zero-order valence-electron chi connectivity index (χ0n) is 7.60. The van der Waals surface area contributed by atoms with Gasteiger partial charge < -0.3 is 0 Å². The molecule has 1 aromatic rings. The third kappa shape index (κ3) is 3.00. The molecule has 0 aliphatic rings. The molecular formula is C10H13ClS. The molecule has 1 aromatic heterocycles. The average molecular weight is 201 g/mol. The Hall–Kier alpha value is -0.270. The van der Waals surface area contributed by atoms with Gasteiger partial charge in [-0.2, -0.15) is 0 Å². The molecule has 0 fully saturated rings. The van der Waals surface area contributed by atoms with Crippen LogP contribution < -0.4 is 0 Å². The molecule has 12 heavy (non-hydrogen) atoms. The minimum atomic E-state index is 0.229. The number of hydrogen-bond acceptors (Lipinski definition) is 1. The van der Waals surface area contributed by atoms with Crippen LogP contribution in [0.4, 0.5) is 0 Å². The van der Waals surface area contributed by atoms with Gasteiger partial charge >= 0.3 is 0 Å². The van der Waals surface area contributed by atoms with E-state index < -0.39 is 0 Å². The molecule has 0 bridgehead atoms. The van der Waals surface area contributed by atoms with Crippen molar-refractivity contribution in [2.45, 2.75) is 20.8 Å². The summed E-state index contributed by atoms with van der Waals surface area (Å²) in [6, 6.07) is 1.93. The number of thiophene rings is 1. The molecule has 1 rings (SSSR count). The van der Waals surface area contributed by atoms with E-state index in [1.807, 2.05) is 11.4 Å². The van der Waals surface area contributed by atoms with Gasteiger partial charge in [0.25, 0.3) is 0 Å². The van der Waals surface area contributed by atoms with Crippen LogP contribution in [-0.4, -0.2) is 0 Å². The molecule has 0 radical (unpaired) electrons. The Labute approximate surface area is 82.9 Å². The van der Waals surface area contributed by atoms with Gasteiger partial charge in [0.2, 0.25) is 0 Å². The smallest absolute Gasteiger partial charge is 0.0586 e. The van der Waals surface area contributed by atoms with E-state index in [1.54, 1.807) is 11.3 Å². The van der Waals surface area contributed by atoms with E-state index in [0.29, 0.717) is 0 Å². The Morgan fingerprint density at radius 3 is 2.50 bits per heavy atom. The van der Waals surface area contributed by atoms with E-state index in [-0.39, 0.29) is 5.41 Å². The van der Waals surface area contributed by atoms with Gasteiger partial charge in [0.1, 0.15) is 0 Å². The molecule has 0 unspecified atom stereocenters. The van der Waals surface area contributed by atoms with Gasteiger partial charge in [-0.1, -0.05) is 38.4 Å². The minimum Gasteiger partial charge on any atom is -0.143 e. The first-order valence-electron chi connectivity index (χ1n) is 3.91. The van der Waals surface area contributed by atoms with Crippen molar-refractivity contribution >= 4 is 29.0 Å². The monoisotopic (exact) mass is 200 g/mol. The lowest BCUT2D eigenvalue weighted by atomic mass is 9.96. The summed E-state index contributed by atoms with van der Waals surface area (Å²) in [7, 11) is 0. The second kappa shape index (κ2) is 3.63. The SMILES string of the molecule is CC(C)(C)/C=C/c1sccc1Cl. The van der Waals surface area contributed by atoms with Crippen LogP contribution in [0.5, 0.6) is 0 Å². The minimum absolute atomic E-state index is 0.229. The third-order valence-electron chi connectivity index (χ3n) is 1.38. The zero-order valence-corrected chi connectivity index (χ0v) is 9.17. The van der Waals surface area contributed by atoms with E-state index in [9.17, 15) is 0 Å². The van der Waals surface area contributed by atoms with E-state index in [0.717, 1.165) is 9.90 Å². The molecule has 1 heterocycles. The van der Waals surface area contributed by atoms with Crippen molar-refractivity contribution in [3.05, 3.63) is 27.4 Å². The molecule has 0 spiro atoms. The van der Waals surface area contributed by atoms with Crippen LogP contribution in [0, 0.1) is 5.41 Å². The summed E-state index contributed by atoms with van der Waals surface area (Å²) in [5.41, 5.74) is 0.229. The van der Waals surface area contributed by atoms with E-state index in [4.69, 9.17) is 11.6 Å². The van der Waals surface area contributed by atoms with Gasteiger partial charge in [0.05, 0.1) is 5.02 Å². The van der Waals surface area contributed by atoms with Gasteiger partial charge in [0, 0.05) is 4.88 Å². The van der Waals surface area contributed by atoms with Crippen LogP contribution in [0.3, 0.4) is 0 Å². The summed E-state index contributed by atoms with van der Waals surface area (Å²) in [6.45, 7) is 6.51. The lowest BCUT2D eigenvalue weighted by molar-refractivity contribution is 0.547. The van der Waals surface area contributed by atoms with E-state index in [2.05, 4.69) is 32.9 Å². The fourth-order valence-electron chi connectivity index (χ4n) is 0.750. The standard InChI is InChI=1S/C10H13ClS/c1-10(2,3)6-4-9-8(11)5-7-12-9/h4-7H,1-3H3/b6-4+. The molecular weight excluding hydrogens is 188 g/mol. The maximum absolute atomic E-state index is 5.93. The van der Waals surface area contributed by atoms with Crippen LogP contribution in [0.15, 0.2) is 17.5 Å². The van der Waals surface area contributed by atoms with Crippen LogP contribution in [0.2, 0.25) is 5.02 Å². The maximum Gasteiger partial charge on any atom is 0.0586 e. The summed E-state index contributed by atoms with van der Waals surface area (Å²) in [5.74, 6) is 0. The highest BCUT2D eigenvalue weighted by molar-refractivity contribution is 7.11. The first-order valence-corrected chi connectivity index (χ1v) is 5.17. The average Bonchev–Trinajstić information content (AvgIpc) is 2.29. The Morgan fingerprint density at radius 1 is 1.42 bits per heavy atom. The van der Waals surface area contributed by atoms with Crippen molar-refractivity contribution in [1.82, 2.24) is 0 Å². The van der Waals surface area contributed by atoms with Crippen LogP contribution in [-0.2, 0) is 0 Å². The second-order valence-electron chi connectivity index (χ2n) is 3.83. The molecule has 0 N–H and O–H groups in total. The van der Waals surface area contributed by atoms with Crippen molar-refractivity contribution in [3.63, 3.8) is 0 Å². The summed E-state index contributed by atoms with van der Waals surface area (Å²) in [5, 5.41) is 2.85. The van der Waals surface area contributed by atoms with Crippen molar-refractivity contribution < 1.29 is 0 Å². The quantitative estimate of drug-likeness (QED) is 0.628. The number of rotatable bonds is 1. The van der Waals surface area contributed by atoms with Gasteiger partial charge in [-0.05, 0) is 22.9 Å². The maximum atomic E-state index is 5.93. The first kappa shape index (κ1) is 9.82. The fraction of sp³-hybridized carbons (Fsp3) is 0.400. The largest absolute Gasteiger partial charge is 0.143 e. The Kier molecular flexibility index (Phi) is 2.97. The van der Waals surface area contributed by atoms with E-state index >= 15 is 0 Å². The van der Waals surface area contributed by atoms with Gasteiger partial charge in [-0.15, -0.1) is 11.3 Å². The summed E-state index contributed by atoms with van der Waals surface area (Å²) in [4.78, 5) is 1.14. The van der Waals surface area contributed by atoms with Crippen molar-refractivity contribution in [2.24, 2.45) is 5.41 Å². The summed E-state index contributed by atoms with van der Waals surface area (Å²) >= 11 is 7.60. The van der Waals surface area contributed by atoms with Crippen LogP contribution in [0.25, 0.3) is 6.08 Å². The molecule has 0 saturated heterocycles. The number of hydrogen-bond donors (Lipinski definition) is 0. The summed E-state index contributed by atoms with van der Waals surface area (Å²) in [6.07, 6.45) is 4.26. The predicted molar refractivity (Wildman–Crippen MR) is 57.8 cm³/mol. The van der Waals surface area contributed by atoms with Crippen LogP contribution >= 0.6 is 22.9 Å². The third-order valence-corrected chi connectivity index (χ3v) is 2.70. The van der Waals surface area contributed by atoms with Gasteiger partial charge in [0.15, 0.2) is 0 Å². The molecule has 0 aliphatic heterocycles. The van der Waals surface area contributed by atoms with Gasteiger partial charge in [-0.25, -0.2) is 0 Å².